The molecule has 0 aliphatic heterocycles. The van der Waals surface area contributed by atoms with Gasteiger partial charge < -0.3 is 0 Å². The minimum atomic E-state index is 0.0515. The van der Waals surface area contributed by atoms with Gasteiger partial charge in [-0.05, 0) is 32.1 Å². The van der Waals surface area contributed by atoms with Gasteiger partial charge >= 0.3 is 0 Å². The van der Waals surface area contributed by atoms with E-state index in [-0.39, 0.29) is 6.04 Å². The Kier molecular flexibility index (Phi) is 4.24. The lowest BCUT2D eigenvalue weighted by atomic mass is 9.99. The minimum absolute atomic E-state index is 0.0515. The highest BCUT2D eigenvalue weighted by Crippen LogP contribution is 2.27. The van der Waals surface area contributed by atoms with Crippen molar-refractivity contribution in [1.82, 2.24) is 5.32 Å². The zero-order valence-corrected chi connectivity index (χ0v) is 8.71. The SMILES string of the molecule is CCC(C#N)NC(C)C1CCCC1. The molecule has 0 amide bonds. The highest BCUT2D eigenvalue weighted by Gasteiger charge is 2.22. The van der Waals surface area contributed by atoms with Crippen LogP contribution in [0.2, 0.25) is 0 Å². The number of nitriles is 1. The van der Waals surface area contributed by atoms with Crippen LogP contribution in [0.5, 0.6) is 0 Å². The van der Waals surface area contributed by atoms with Crippen LogP contribution < -0.4 is 5.32 Å². The van der Waals surface area contributed by atoms with Crippen LogP contribution in [-0.2, 0) is 0 Å². The summed E-state index contributed by atoms with van der Waals surface area (Å²) in [6.07, 6.45) is 6.35. The van der Waals surface area contributed by atoms with Crippen LogP contribution >= 0.6 is 0 Å². The van der Waals surface area contributed by atoms with Gasteiger partial charge in [0.2, 0.25) is 0 Å². The summed E-state index contributed by atoms with van der Waals surface area (Å²) in [5.74, 6) is 0.808. The molecule has 0 bridgehead atoms. The van der Waals surface area contributed by atoms with Gasteiger partial charge in [0, 0.05) is 6.04 Å². The van der Waals surface area contributed by atoms with E-state index >= 15 is 0 Å². The fourth-order valence-electron chi connectivity index (χ4n) is 2.16. The highest BCUT2D eigenvalue weighted by molar-refractivity contribution is 4.91. The van der Waals surface area contributed by atoms with Crippen molar-refractivity contribution < 1.29 is 0 Å². The maximum Gasteiger partial charge on any atom is 0.0952 e. The average Bonchev–Trinajstić information content (AvgIpc) is 2.66. The van der Waals surface area contributed by atoms with Gasteiger partial charge in [-0.2, -0.15) is 5.26 Å². The molecular weight excluding hydrogens is 160 g/mol. The molecular formula is C11H20N2. The molecule has 2 nitrogen and oxygen atoms in total. The summed E-state index contributed by atoms with van der Waals surface area (Å²) in [5.41, 5.74) is 0. The Bertz CT molecular complexity index is 177. The first-order valence-electron chi connectivity index (χ1n) is 5.43. The first kappa shape index (κ1) is 10.5. The largest absolute Gasteiger partial charge is 0.299 e. The van der Waals surface area contributed by atoms with Gasteiger partial charge in [-0.1, -0.05) is 19.8 Å². The van der Waals surface area contributed by atoms with Crippen LogP contribution in [0.3, 0.4) is 0 Å². The monoisotopic (exact) mass is 180 g/mol. The third-order valence-corrected chi connectivity index (χ3v) is 3.14. The van der Waals surface area contributed by atoms with Gasteiger partial charge in [0.25, 0.3) is 0 Å². The van der Waals surface area contributed by atoms with E-state index in [0.29, 0.717) is 6.04 Å². The predicted molar refractivity (Wildman–Crippen MR) is 54.2 cm³/mol. The van der Waals surface area contributed by atoms with Gasteiger partial charge in [-0.3, -0.25) is 5.32 Å². The van der Waals surface area contributed by atoms with E-state index < -0.39 is 0 Å². The molecule has 2 atom stereocenters. The Morgan fingerprint density at radius 3 is 2.54 bits per heavy atom. The molecule has 1 aliphatic rings. The van der Waals surface area contributed by atoms with Crippen molar-refractivity contribution in [3.05, 3.63) is 0 Å². The zero-order valence-electron chi connectivity index (χ0n) is 8.71. The summed E-state index contributed by atoms with van der Waals surface area (Å²) < 4.78 is 0. The van der Waals surface area contributed by atoms with Gasteiger partial charge in [0.05, 0.1) is 12.1 Å². The molecule has 1 rings (SSSR count). The van der Waals surface area contributed by atoms with Gasteiger partial charge in [0.15, 0.2) is 0 Å². The van der Waals surface area contributed by atoms with Crippen LogP contribution in [0.4, 0.5) is 0 Å². The number of hydrogen-bond acceptors (Lipinski definition) is 2. The molecule has 0 heterocycles. The molecule has 1 aliphatic carbocycles. The summed E-state index contributed by atoms with van der Waals surface area (Å²) in [4.78, 5) is 0. The predicted octanol–water partition coefficient (Wildman–Crippen LogP) is 2.46. The Morgan fingerprint density at radius 2 is 2.08 bits per heavy atom. The van der Waals surface area contributed by atoms with Crippen LogP contribution in [0, 0.1) is 17.2 Å². The van der Waals surface area contributed by atoms with Crippen molar-refractivity contribution in [2.75, 3.05) is 0 Å². The molecule has 0 saturated heterocycles. The molecule has 0 spiro atoms. The fourth-order valence-corrected chi connectivity index (χ4v) is 2.16. The lowest BCUT2D eigenvalue weighted by Crippen LogP contribution is -2.39. The lowest BCUT2D eigenvalue weighted by molar-refractivity contribution is 0.361. The topological polar surface area (TPSA) is 35.8 Å². The third kappa shape index (κ3) is 3.00. The van der Waals surface area contributed by atoms with Crippen molar-refractivity contribution in [3.63, 3.8) is 0 Å². The molecule has 2 unspecified atom stereocenters. The van der Waals surface area contributed by atoms with Crippen LogP contribution in [0.15, 0.2) is 0 Å². The van der Waals surface area contributed by atoms with E-state index in [4.69, 9.17) is 5.26 Å². The van der Waals surface area contributed by atoms with Gasteiger partial charge in [-0.15, -0.1) is 0 Å². The van der Waals surface area contributed by atoms with E-state index in [1.54, 1.807) is 0 Å². The van der Waals surface area contributed by atoms with E-state index in [9.17, 15) is 0 Å². The number of nitrogens with zero attached hydrogens (tertiary/aromatic N) is 1. The maximum atomic E-state index is 8.81. The van der Waals surface area contributed by atoms with Crippen LogP contribution in [-0.4, -0.2) is 12.1 Å². The molecule has 0 aromatic rings. The molecule has 1 saturated carbocycles. The molecule has 1 N–H and O–H groups in total. The summed E-state index contributed by atoms with van der Waals surface area (Å²) in [6.45, 7) is 4.28. The van der Waals surface area contributed by atoms with Crippen molar-refractivity contribution >= 4 is 0 Å². The zero-order chi connectivity index (χ0) is 9.68. The average molecular weight is 180 g/mol. The lowest BCUT2D eigenvalue weighted by Gasteiger charge is -2.22. The Balaban J connectivity index is 2.30. The Hall–Kier alpha value is -0.550. The van der Waals surface area contributed by atoms with E-state index in [0.717, 1.165) is 12.3 Å². The van der Waals surface area contributed by atoms with Crippen LogP contribution in [0.25, 0.3) is 0 Å². The fraction of sp³-hybridized carbons (Fsp3) is 0.909. The third-order valence-electron chi connectivity index (χ3n) is 3.14. The smallest absolute Gasteiger partial charge is 0.0952 e. The Labute approximate surface area is 81.3 Å². The maximum absolute atomic E-state index is 8.81. The van der Waals surface area contributed by atoms with Gasteiger partial charge in [-0.25, -0.2) is 0 Å². The van der Waals surface area contributed by atoms with Crippen molar-refractivity contribution in [3.8, 4) is 6.07 Å². The first-order chi connectivity index (χ1) is 6.27. The summed E-state index contributed by atoms with van der Waals surface area (Å²) >= 11 is 0. The summed E-state index contributed by atoms with van der Waals surface area (Å²) in [7, 11) is 0. The molecule has 74 valence electrons. The second-order valence-electron chi connectivity index (χ2n) is 4.09. The quantitative estimate of drug-likeness (QED) is 0.721. The Morgan fingerprint density at radius 1 is 1.46 bits per heavy atom. The minimum Gasteiger partial charge on any atom is -0.299 e. The molecule has 0 aromatic heterocycles. The van der Waals surface area contributed by atoms with E-state index in [1.807, 2.05) is 0 Å². The molecule has 1 fully saturated rings. The van der Waals surface area contributed by atoms with Gasteiger partial charge in [0.1, 0.15) is 0 Å². The van der Waals surface area contributed by atoms with Crippen molar-refractivity contribution in [2.45, 2.75) is 58.0 Å². The molecule has 13 heavy (non-hydrogen) atoms. The second-order valence-corrected chi connectivity index (χ2v) is 4.09. The van der Waals surface area contributed by atoms with Crippen LogP contribution in [0.1, 0.15) is 46.0 Å². The van der Waals surface area contributed by atoms with E-state index in [1.165, 1.54) is 25.7 Å². The molecule has 0 aromatic carbocycles. The normalized spacial score (nSPS) is 22.5. The van der Waals surface area contributed by atoms with E-state index in [2.05, 4.69) is 25.2 Å². The molecule has 2 heteroatoms. The first-order valence-corrected chi connectivity index (χ1v) is 5.43. The molecule has 0 radical (unpaired) electrons. The number of hydrogen-bond donors (Lipinski definition) is 1. The highest BCUT2D eigenvalue weighted by atomic mass is 14.9. The number of rotatable bonds is 4. The van der Waals surface area contributed by atoms with Crippen molar-refractivity contribution in [1.29, 1.82) is 5.26 Å². The standard InChI is InChI=1S/C11H20N2/c1-3-11(8-12)13-9(2)10-6-4-5-7-10/h9-11,13H,3-7H2,1-2H3. The van der Waals surface area contributed by atoms with Crippen molar-refractivity contribution in [2.24, 2.45) is 5.92 Å². The number of nitrogens with one attached hydrogen (secondary N) is 1. The second kappa shape index (κ2) is 5.24. The summed E-state index contributed by atoms with van der Waals surface area (Å²) in [5, 5.41) is 12.2. The summed E-state index contributed by atoms with van der Waals surface area (Å²) in [6, 6.07) is 2.87.